The maximum atomic E-state index is 13.6. The lowest BCUT2D eigenvalue weighted by atomic mass is 10.1. The molecule has 0 heterocycles. The normalized spacial score (nSPS) is 11.0. The lowest BCUT2D eigenvalue weighted by Gasteiger charge is -2.26. The van der Waals surface area contributed by atoms with Crippen LogP contribution in [0.4, 0.5) is 5.69 Å². The zero-order valence-corrected chi connectivity index (χ0v) is 19.6. The van der Waals surface area contributed by atoms with Gasteiger partial charge in [0.2, 0.25) is 5.91 Å². The first-order valence-corrected chi connectivity index (χ1v) is 11.7. The summed E-state index contributed by atoms with van der Waals surface area (Å²) in [4.78, 5) is 23.8. The molecule has 0 spiro atoms. The number of carbonyl (C=O) groups is 2. The third-order valence-corrected chi connectivity index (χ3v) is 7.09. The molecule has 0 saturated carbocycles. The van der Waals surface area contributed by atoms with E-state index in [0.717, 1.165) is 27.3 Å². The number of nitrogens with one attached hydrogen (secondary N) is 1. The van der Waals surface area contributed by atoms with Crippen molar-refractivity contribution in [1.82, 2.24) is 5.32 Å². The quantitative estimate of drug-likeness (QED) is 0.486. The number of anilines is 1. The topological polar surface area (TPSA) is 92.8 Å². The predicted octanol–water partition coefficient (Wildman–Crippen LogP) is 3.64. The summed E-state index contributed by atoms with van der Waals surface area (Å²) in [6.07, 6.45) is 0.730. The van der Waals surface area contributed by atoms with E-state index in [1.165, 1.54) is 19.2 Å². The van der Waals surface area contributed by atoms with Crippen LogP contribution in [0.5, 0.6) is 5.75 Å². The monoisotopic (exact) mass is 466 g/mol. The number of benzene rings is 3. The van der Waals surface area contributed by atoms with Gasteiger partial charge in [-0.25, -0.2) is 8.42 Å². The largest absolute Gasteiger partial charge is 0.497 e. The van der Waals surface area contributed by atoms with E-state index < -0.39 is 22.5 Å². The van der Waals surface area contributed by atoms with Crippen LogP contribution in [-0.2, 0) is 21.4 Å². The number of hydrogen-bond acceptors (Lipinski definition) is 5. The fourth-order valence-corrected chi connectivity index (χ4v) is 4.87. The van der Waals surface area contributed by atoms with Crippen LogP contribution in [-0.4, -0.2) is 34.3 Å². The van der Waals surface area contributed by atoms with E-state index in [0.29, 0.717) is 17.0 Å². The van der Waals surface area contributed by atoms with Gasteiger partial charge in [0, 0.05) is 18.2 Å². The van der Waals surface area contributed by atoms with E-state index >= 15 is 0 Å². The Labute approximate surface area is 194 Å². The predicted molar refractivity (Wildman–Crippen MR) is 127 cm³/mol. The molecule has 0 aliphatic rings. The minimum absolute atomic E-state index is 0.0224. The standard InChI is InChI=1S/C25H26N2O5S/c1-18-7-4-12-24(19(18)2)27(33(30,31)23-11-6-10-22(14-23)32-3)16-25(29)26-15-20-8-5-9-21(13-20)17-28/h4-14,17H,15-16H2,1-3H3,(H,26,29). The summed E-state index contributed by atoms with van der Waals surface area (Å²) in [5, 5.41) is 2.75. The van der Waals surface area contributed by atoms with Crippen molar-refractivity contribution in [2.24, 2.45) is 0 Å². The highest BCUT2D eigenvalue weighted by molar-refractivity contribution is 7.92. The molecule has 3 aromatic carbocycles. The van der Waals surface area contributed by atoms with Gasteiger partial charge in [-0.3, -0.25) is 13.9 Å². The molecule has 3 aromatic rings. The van der Waals surface area contributed by atoms with Crippen molar-refractivity contribution in [2.45, 2.75) is 25.3 Å². The summed E-state index contributed by atoms with van der Waals surface area (Å²) < 4.78 is 33.5. The van der Waals surface area contributed by atoms with Gasteiger partial charge >= 0.3 is 0 Å². The highest BCUT2D eigenvalue weighted by Gasteiger charge is 2.29. The van der Waals surface area contributed by atoms with E-state index in [4.69, 9.17) is 4.74 Å². The molecule has 1 N–H and O–H groups in total. The number of nitrogens with zero attached hydrogens (tertiary/aromatic N) is 1. The first-order valence-electron chi connectivity index (χ1n) is 10.3. The van der Waals surface area contributed by atoms with E-state index in [1.807, 2.05) is 19.9 Å². The summed E-state index contributed by atoms with van der Waals surface area (Å²) in [5.41, 5.74) is 3.33. The number of hydrogen-bond donors (Lipinski definition) is 1. The van der Waals surface area contributed by atoms with Crippen molar-refractivity contribution in [3.05, 3.63) is 89.0 Å². The second-order valence-corrected chi connectivity index (χ2v) is 9.41. The Hall–Kier alpha value is -3.65. The van der Waals surface area contributed by atoms with Gasteiger partial charge in [0.25, 0.3) is 10.0 Å². The van der Waals surface area contributed by atoms with Crippen LogP contribution >= 0.6 is 0 Å². The molecule has 0 unspecified atom stereocenters. The molecule has 3 rings (SSSR count). The lowest BCUT2D eigenvalue weighted by Crippen LogP contribution is -2.41. The van der Waals surface area contributed by atoms with Crippen LogP contribution < -0.4 is 14.4 Å². The first-order chi connectivity index (χ1) is 15.8. The molecule has 8 heteroatoms. The van der Waals surface area contributed by atoms with Crippen LogP contribution in [0.1, 0.15) is 27.0 Å². The second kappa shape index (κ2) is 10.3. The van der Waals surface area contributed by atoms with Crippen molar-refractivity contribution < 1.29 is 22.7 Å². The fourth-order valence-electron chi connectivity index (χ4n) is 3.36. The first kappa shape index (κ1) is 24.0. The SMILES string of the molecule is COc1cccc(S(=O)(=O)N(CC(=O)NCc2cccc(C=O)c2)c2cccc(C)c2C)c1. The Bertz CT molecular complexity index is 1270. The molecular weight excluding hydrogens is 440 g/mol. The van der Waals surface area contributed by atoms with Crippen LogP contribution in [0, 0.1) is 13.8 Å². The Morgan fingerprint density at radius 2 is 1.76 bits per heavy atom. The van der Waals surface area contributed by atoms with Crippen molar-refractivity contribution in [1.29, 1.82) is 0 Å². The average Bonchev–Trinajstić information content (AvgIpc) is 2.83. The number of carbonyl (C=O) groups excluding carboxylic acids is 2. The van der Waals surface area contributed by atoms with Gasteiger partial charge in [0.05, 0.1) is 17.7 Å². The highest BCUT2D eigenvalue weighted by atomic mass is 32.2. The smallest absolute Gasteiger partial charge is 0.264 e. The third-order valence-electron chi connectivity index (χ3n) is 5.34. The number of aryl methyl sites for hydroxylation is 1. The zero-order valence-electron chi connectivity index (χ0n) is 18.7. The Balaban J connectivity index is 1.92. The van der Waals surface area contributed by atoms with E-state index in [1.54, 1.807) is 48.5 Å². The third kappa shape index (κ3) is 5.59. The molecular formula is C25H26N2O5S. The van der Waals surface area contributed by atoms with Crippen LogP contribution in [0.3, 0.4) is 0 Å². The molecule has 172 valence electrons. The van der Waals surface area contributed by atoms with E-state index in [9.17, 15) is 18.0 Å². The molecule has 0 radical (unpaired) electrons. The van der Waals surface area contributed by atoms with Gasteiger partial charge in [0.1, 0.15) is 18.6 Å². The van der Waals surface area contributed by atoms with Gasteiger partial charge in [-0.2, -0.15) is 0 Å². The van der Waals surface area contributed by atoms with Gasteiger partial charge in [-0.1, -0.05) is 36.4 Å². The minimum Gasteiger partial charge on any atom is -0.497 e. The highest BCUT2D eigenvalue weighted by Crippen LogP contribution is 2.29. The molecule has 7 nitrogen and oxygen atoms in total. The minimum atomic E-state index is -4.07. The Morgan fingerprint density at radius 1 is 1.03 bits per heavy atom. The summed E-state index contributed by atoms with van der Waals surface area (Å²) >= 11 is 0. The van der Waals surface area contributed by atoms with Crippen LogP contribution in [0.2, 0.25) is 0 Å². The molecule has 0 atom stereocenters. The molecule has 33 heavy (non-hydrogen) atoms. The molecule has 0 aromatic heterocycles. The fraction of sp³-hybridized carbons (Fsp3) is 0.200. The van der Waals surface area contributed by atoms with Gasteiger partial charge in [0.15, 0.2) is 0 Å². The van der Waals surface area contributed by atoms with Crippen molar-refractivity contribution in [3.63, 3.8) is 0 Å². The molecule has 0 aliphatic heterocycles. The maximum absolute atomic E-state index is 13.6. The molecule has 0 saturated heterocycles. The molecule has 0 bridgehead atoms. The summed E-state index contributed by atoms with van der Waals surface area (Å²) in [5.74, 6) is -0.0737. The van der Waals surface area contributed by atoms with Crippen molar-refractivity contribution in [3.8, 4) is 5.75 Å². The lowest BCUT2D eigenvalue weighted by molar-refractivity contribution is -0.119. The summed E-state index contributed by atoms with van der Waals surface area (Å²) in [6.45, 7) is 3.47. The average molecular weight is 467 g/mol. The number of aldehydes is 1. The molecule has 0 fully saturated rings. The number of methoxy groups -OCH3 is 1. The summed E-state index contributed by atoms with van der Waals surface area (Å²) in [6, 6.07) is 18.3. The van der Waals surface area contributed by atoms with Crippen molar-refractivity contribution in [2.75, 3.05) is 18.0 Å². The number of amides is 1. The van der Waals surface area contributed by atoms with Gasteiger partial charge < -0.3 is 10.1 Å². The van der Waals surface area contributed by atoms with Gasteiger partial charge in [-0.05, 0) is 54.8 Å². The zero-order chi connectivity index (χ0) is 24.0. The number of rotatable bonds is 9. The number of sulfonamides is 1. The van der Waals surface area contributed by atoms with Crippen molar-refractivity contribution >= 4 is 27.9 Å². The Kier molecular flexibility index (Phi) is 7.50. The van der Waals surface area contributed by atoms with E-state index in [-0.39, 0.29) is 11.4 Å². The van der Waals surface area contributed by atoms with Crippen LogP contribution in [0.25, 0.3) is 0 Å². The molecule has 0 aliphatic carbocycles. The van der Waals surface area contributed by atoms with Crippen LogP contribution in [0.15, 0.2) is 71.6 Å². The second-order valence-electron chi connectivity index (χ2n) is 7.55. The van der Waals surface area contributed by atoms with Gasteiger partial charge in [-0.15, -0.1) is 0 Å². The summed E-state index contributed by atoms with van der Waals surface area (Å²) in [7, 11) is -2.61. The van der Waals surface area contributed by atoms with E-state index in [2.05, 4.69) is 5.32 Å². The molecule has 1 amide bonds. The number of ether oxygens (including phenoxy) is 1. The Morgan fingerprint density at radius 3 is 2.48 bits per heavy atom. The maximum Gasteiger partial charge on any atom is 0.264 e.